The van der Waals surface area contributed by atoms with Crippen LogP contribution in [-0.2, 0) is 14.6 Å². The Morgan fingerprint density at radius 1 is 1.06 bits per heavy atom. The van der Waals surface area contributed by atoms with Gasteiger partial charge in [-0.25, -0.2) is 8.42 Å². The maximum absolute atomic E-state index is 13.1. The molecule has 180 valence electrons. The van der Waals surface area contributed by atoms with Crippen LogP contribution in [0.2, 0.25) is 5.02 Å². The highest BCUT2D eigenvalue weighted by atomic mass is 35.5. The van der Waals surface area contributed by atoms with E-state index in [4.69, 9.17) is 11.6 Å². The van der Waals surface area contributed by atoms with Crippen molar-refractivity contribution in [1.29, 1.82) is 0 Å². The zero-order valence-electron chi connectivity index (χ0n) is 19.7. The number of aromatic nitrogens is 1. The number of amides is 1. The Kier molecular flexibility index (Phi) is 7.14. The van der Waals surface area contributed by atoms with Gasteiger partial charge in [0, 0.05) is 47.7 Å². The zero-order valence-corrected chi connectivity index (χ0v) is 21.3. The van der Waals surface area contributed by atoms with Crippen LogP contribution in [0.3, 0.4) is 0 Å². The molecule has 1 aliphatic rings. The number of nitrogens with one attached hydrogen (secondary N) is 1. The fourth-order valence-corrected chi connectivity index (χ4v) is 6.10. The van der Waals surface area contributed by atoms with Crippen molar-refractivity contribution in [2.75, 3.05) is 18.0 Å². The molecule has 2 aromatic carbocycles. The van der Waals surface area contributed by atoms with E-state index in [0.717, 1.165) is 53.8 Å². The number of rotatable bonds is 6. The van der Waals surface area contributed by atoms with Gasteiger partial charge in [-0.05, 0) is 80.8 Å². The second-order valence-corrected chi connectivity index (χ2v) is 12.0. The number of carbonyl (C=O) groups is 1. The number of nitrogens with zero attached hydrogens (tertiary/aromatic N) is 2. The van der Waals surface area contributed by atoms with Crippen LogP contribution in [0.4, 0.5) is 5.69 Å². The van der Waals surface area contributed by atoms with Crippen molar-refractivity contribution in [1.82, 2.24) is 10.3 Å². The van der Waals surface area contributed by atoms with Crippen molar-refractivity contribution >= 4 is 43.8 Å². The summed E-state index contributed by atoms with van der Waals surface area (Å²) in [6.45, 7) is 7.25. The fourth-order valence-electron chi connectivity index (χ4n) is 4.54. The number of halogens is 1. The smallest absolute Gasteiger partial charge is 0.221 e. The molecule has 34 heavy (non-hydrogen) atoms. The summed E-state index contributed by atoms with van der Waals surface area (Å²) in [7, 11) is -3.64. The van der Waals surface area contributed by atoms with E-state index in [-0.39, 0.29) is 23.3 Å². The van der Waals surface area contributed by atoms with Crippen molar-refractivity contribution in [2.45, 2.75) is 56.2 Å². The first-order valence-corrected chi connectivity index (χ1v) is 13.5. The van der Waals surface area contributed by atoms with Crippen LogP contribution in [0.5, 0.6) is 0 Å². The van der Waals surface area contributed by atoms with E-state index in [1.807, 2.05) is 13.8 Å². The molecule has 2 heterocycles. The Bertz CT molecular complexity index is 1300. The second-order valence-electron chi connectivity index (χ2n) is 9.15. The van der Waals surface area contributed by atoms with Gasteiger partial charge in [0.15, 0.2) is 9.84 Å². The van der Waals surface area contributed by atoms with Gasteiger partial charge in [0.1, 0.15) is 0 Å². The third-order valence-corrected chi connectivity index (χ3v) is 8.77. The number of fused-ring (bicyclic) bond motifs is 1. The predicted molar refractivity (Wildman–Crippen MR) is 137 cm³/mol. The molecule has 0 radical (unpaired) electrons. The molecule has 6 nitrogen and oxygen atoms in total. The van der Waals surface area contributed by atoms with E-state index in [1.54, 1.807) is 43.3 Å². The van der Waals surface area contributed by atoms with Gasteiger partial charge in [0.05, 0.1) is 10.1 Å². The number of benzene rings is 2. The lowest BCUT2D eigenvalue weighted by atomic mass is 10.0. The third kappa shape index (κ3) is 5.53. The third-order valence-electron chi connectivity index (χ3n) is 6.40. The summed E-state index contributed by atoms with van der Waals surface area (Å²) in [5, 5.41) is 4.50. The molecule has 1 unspecified atom stereocenters. The molecule has 1 atom stereocenters. The Hall–Kier alpha value is -2.64. The molecule has 0 spiro atoms. The maximum Gasteiger partial charge on any atom is 0.221 e. The van der Waals surface area contributed by atoms with Gasteiger partial charge in [-0.1, -0.05) is 23.7 Å². The number of hydrogen-bond donors (Lipinski definition) is 1. The van der Waals surface area contributed by atoms with Crippen LogP contribution in [0.1, 0.15) is 37.6 Å². The van der Waals surface area contributed by atoms with E-state index in [9.17, 15) is 13.2 Å². The first-order valence-electron chi connectivity index (χ1n) is 11.5. The molecule has 1 amide bonds. The molecule has 1 saturated heterocycles. The number of carbonyl (C=O) groups excluding carboxylic acids is 1. The molecular weight excluding hydrogens is 470 g/mol. The molecule has 1 fully saturated rings. The summed E-state index contributed by atoms with van der Waals surface area (Å²) in [6, 6.07) is 14.5. The monoisotopic (exact) mass is 499 g/mol. The Labute approximate surface area is 206 Å². The van der Waals surface area contributed by atoms with E-state index < -0.39 is 15.1 Å². The lowest BCUT2D eigenvalue weighted by molar-refractivity contribution is -0.121. The summed E-state index contributed by atoms with van der Waals surface area (Å²) in [4.78, 5) is 19.6. The topological polar surface area (TPSA) is 79.4 Å². The van der Waals surface area contributed by atoms with Crippen molar-refractivity contribution < 1.29 is 13.2 Å². The lowest BCUT2D eigenvalue weighted by Crippen LogP contribution is -2.45. The Morgan fingerprint density at radius 2 is 1.68 bits per heavy atom. The zero-order chi connectivity index (χ0) is 24.5. The molecular formula is C26H30ClN3O3S. The van der Waals surface area contributed by atoms with Gasteiger partial charge in [0.25, 0.3) is 0 Å². The van der Waals surface area contributed by atoms with E-state index >= 15 is 0 Å². The van der Waals surface area contributed by atoms with E-state index in [0.29, 0.717) is 5.02 Å². The largest absolute Gasteiger partial charge is 0.371 e. The highest BCUT2D eigenvalue weighted by Gasteiger charge is 2.28. The quantitative estimate of drug-likeness (QED) is 0.524. The number of pyridine rings is 1. The summed E-state index contributed by atoms with van der Waals surface area (Å²) in [5.41, 5.74) is 3.15. The van der Waals surface area contributed by atoms with Crippen molar-refractivity contribution in [3.63, 3.8) is 0 Å². The number of hydrogen-bond acceptors (Lipinski definition) is 5. The average molecular weight is 500 g/mol. The Morgan fingerprint density at radius 3 is 2.35 bits per heavy atom. The molecule has 1 N–H and O–H groups in total. The first kappa shape index (κ1) is 24.5. The minimum absolute atomic E-state index is 0.0492. The van der Waals surface area contributed by atoms with Crippen LogP contribution >= 0.6 is 11.6 Å². The number of piperidine rings is 1. The van der Waals surface area contributed by atoms with Crippen molar-refractivity contribution in [3.8, 4) is 0 Å². The van der Waals surface area contributed by atoms with Gasteiger partial charge in [-0.2, -0.15) is 0 Å². The summed E-state index contributed by atoms with van der Waals surface area (Å²) >= 11 is 6.02. The normalized spacial score (nSPS) is 15.9. The highest BCUT2D eigenvalue weighted by molar-refractivity contribution is 7.92. The van der Waals surface area contributed by atoms with Crippen molar-refractivity contribution in [3.05, 3.63) is 64.9 Å². The number of anilines is 1. The van der Waals surface area contributed by atoms with Crippen LogP contribution in [0, 0.1) is 13.8 Å². The molecule has 8 heteroatoms. The van der Waals surface area contributed by atoms with E-state index in [1.165, 1.54) is 0 Å². The maximum atomic E-state index is 13.1. The van der Waals surface area contributed by atoms with E-state index in [2.05, 4.69) is 27.3 Å². The fraction of sp³-hybridized carbons (Fsp3) is 0.385. The average Bonchev–Trinajstić information content (AvgIpc) is 2.78. The highest BCUT2D eigenvalue weighted by Crippen LogP contribution is 2.26. The SMILES string of the molecule is Cc1cc(N2CCC(NC(=O)CC(C)S(=O)(=O)c3ccc4cc(Cl)ccc4c3)CC2)cc(C)n1. The summed E-state index contributed by atoms with van der Waals surface area (Å²) in [6.07, 6.45) is 1.57. The number of sulfone groups is 1. The summed E-state index contributed by atoms with van der Waals surface area (Å²) < 4.78 is 26.2. The minimum Gasteiger partial charge on any atom is -0.371 e. The molecule has 1 aromatic heterocycles. The van der Waals surface area contributed by atoms with Crippen LogP contribution in [0.15, 0.2) is 53.4 Å². The molecule has 3 aromatic rings. The molecule has 0 saturated carbocycles. The Balaban J connectivity index is 1.34. The van der Waals surface area contributed by atoms with Gasteiger partial charge in [-0.15, -0.1) is 0 Å². The van der Waals surface area contributed by atoms with Gasteiger partial charge in [-0.3, -0.25) is 9.78 Å². The predicted octanol–water partition coefficient (Wildman–Crippen LogP) is 4.84. The van der Waals surface area contributed by atoms with Crippen molar-refractivity contribution in [2.24, 2.45) is 0 Å². The van der Waals surface area contributed by atoms with Crippen LogP contribution < -0.4 is 10.2 Å². The number of aryl methyl sites for hydroxylation is 2. The summed E-state index contributed by atoms with van der Waals surface area (Å²) in [5.74, 6) is -0.224. The molecule has 0 bridgehead atoms. The minimum atomic E-state index is -3.64. The first-order chi connectivity index (χ1) is 16.1. The van der Waals surface area contributed by atoms with Gasteiger partial charge in [0.2, 0.25) is 5.91 Å². The second kappa shape index (κ2) is 9.92. The van der Waals surface area contributed by atoms with Gasteiger partial charge < -0.3 is 10.2 Å². The van der Waals surface area contributed by atoms with Crippen LogP contribution in [-0.4, -0.2) is 43.7 Å². The lowest BCUT2D eigenvalue weighted by Gasteiger charge is -2.34. The molecule has 4 rings (SSSR count). The van der Waals surface area contributed by atoms with Gasteiger partial charge >= 0.3 is 0 Å². The molecule has 0 aliphatic carbocycles. The standard InChI is InChI=1S/C26H30ClN3O3S/c1-17-12-24(13-18(2)28-17)30-10-8-23(9-11-30)29-26(31)14-19(3)34(32,33)25-7-5-20-15-22(27)6-4-21(20)16-25/h4-7,12-13,15-16,19,23H,8-11,14H2,1-3H3,(H,29,31). The van der Waals surface area contributed by atoms with Crippen LogP contribution in [0.25, 0.3) is 10.8 Å². The molecule has 1 aliphatic heterocycles.